The van der Waals surface area contributed by atoms with Gasteiger partial charge in [0.1, 0.15) is 5.75 Å². The number of rotatable bonds is 6. The Kier molecular flexibility index (Phi) is 4.81. The molecule has 0 saturated heterocycles. The Labute approximate surface area is 113 Å². The van der Waals surface area contributed by atoms with Crippen molar-refractivity contribution >= 4 is 5.69 Å². The molecule has 3 N–H and O–H groups in total. The van der Waals surface area contributed by atoms with Crippen molar-refractivity contribution in [1.82, 2.24) is 0 Å². The molecular weight excluding hydrogens is 238 g/mol. The van der Waals surface area contributed by atoms with Crippen molar-refractivity contribution in [2.45, 2.75) is 19.4 Å². The van der Waals surface area contributed by atoms with Gasteiger partial charge in [0, 0.05) is 5.69 Å². The smallest absolute Gasteiger partial charge is 0.119 e. The number of hydrogen-bond acceptors (Lipinski definition) is 3. The second-order valence-electron chi connectivity index (χ2n) is 4.50. The van der Waals surface area contributed by atoms with Crippen LogP contribution in [-0.4, -0.2) is 11.7 Å². The quantitative estimate of drug-likeness (QED) is 0.618. The van der Waals surface area contributed by atoms with E-state index in [1.54, 1.807) is 0 Å². The molecule has 0 amide bonds. The highest BCUT2D eigenvalue weighted by molar-refractivity contribution is 5.39. The largest absolute Gasteiger partial charge is 0.494 e. The van der Waals surface area contributed by atoms with Crippen LogP contribution in [0.15, 0.2) is 48.5 Å². The number of aliphatic hydroxyl groups is 1. The van der Waals surface area contributed by atoms with E-state index in [9.17, 15) is 0 Å². The zero-order valence-corrected chi connectivity index (χ0v) is 10.9. The number of aliphatic hydroxyl groups excluding tert-OH is 1. The Morgan fingerprint density at radius 2 is 1.53 bits per heavy atom. The first kappa shape index (κ1) is 13.4. The number of aryl methyl sites for hydroxylation is 1. The Hall–Kier alpha value is -2.00. The van der Waals surface area contributed by atoms with Crippen LogP contribution in [0.1, 0.15) is 17.5 Å². The molecule has 0 bridgehead atoms. The molecule has 3 nitrogen and oxygen atoms in total. The molecule has 0 spiro atoms. The molecule has 0 unspecified atom stereocenters. The monoisotopic (exact) mass is 257 g/mol. The maximum atomic E-state index is 8.94. The lowest BCUT2D eigenvalue weighted by Gasteiger charge is -2.07. The van der Waals surface area contributed by atoms with Crippen LogP contribution in [0.5, 0.6) is 5.75 Å². The minimum Gasteiger partial charge on any atom is -0.494 e. The van der Waals surface area contributed by atoms with Gasteiger partial charge in [0.15, 0.2) is 0 Å². The van der Waals surface area contributed by atoms with Gasteiger partial charge in [0.05, 0.1) is 13.2 Å². The third-order valence-corrected chi connectivity index (χ3v) is 2.96. The third-order valence-electron chi connectivity index (χ3n) is 2.96. The number of ether oxygens (including phenoxy) is 1. The summed E-state index contributed by atoms with van der Waals surface area (Å²) >= 11 is 0. The molecule has 0 heterocycles. The first-order valence-electron chi connectivity index (χ1n) is 6.45. The predicted octanol–water partition coefficient (Wildman–Crippen LogP) is 2.77. The summed E-state index contributed by atoms with van der Waals surface area (Å²) in [4.78, 5) is 0. The van der Waals surface area contributed by atoms with Gasteiger partial charge in [0.2, 0.25) is 0 Å². The molecular formula is C16H19NO2. The Morgan fingerprint density at radius 3 is 2.16 bits per heavy atom. The Morgan fingerprint density at radius 1 is 0.895 bits per heavy atom. The maximum Gasteiger partial charge on any atom is 0.119 e. The van der Waals surface area contributed by atoms with Crippen molar-refractivity contribution in [3.05, 3.63) is 59.7 Å². The topological polar surface area (TPSA) is 55.5 Å². The summed E-state index contributed by atoms with van der Waals surface area (Å²) in [7, 11) is 0. The molecule has 0 atom stereocenters. The van der Waals surface area contributed by atoms with Gasteiger partial charge in [-0.1, -0.05) is 24.3 Å². The minimum atomic E-state index is 0.0669. The van der Waals surface area contributed by atoms with E-state index in [2.05, 4.69) is 0 Å². The van der Waals surface area contributed by atoms with Gasteiger partial charge < -0.3 is 15.6 Å². The average Bonchev–Trinajstić information content (AvgIpc) is 2.46. The molecule has 100 valence electrons. The summed E-state index contributed by atoms with van der Waals surface area (Å²) in [5.41, 5.74) is 8.60. The van der Waals surface area contributed by atoms with E-state index >= 15 is 0 Å². The van der Waals surface area contributed by atoms with Crippen LogP contribution in [0.4, 0.5) is 5.69 Å². The normalized spacial score (nSPS) is 10.4. The van der Waals surface area contributed by atoms with Gasteiger partial charge in [-0.3, -0.25) is 0 Å². The van der Waals surface area contributed by atoms with Crippen molar-refractivity contribution in [2.24, 2.45) is 0 Å². The van der Waals surface area contributed by atoms with E-state index in [1.165, 1.54) is 5.56 Å². The van der Waals surface area contributed by atoms with Crippen LogP contribution >= 0.6 is 0 Å². The lowest BCUT2D eigenvalue weighted by molar-refractivity contribution is 0.281. The standard InChI is InChI=1S/C16H19NO2/c17-15-7-3-13(4-8-15)2-1-11-19-16-9-5-14(12-18)6-10-16/h3-10,18H,1-2,11-12,17H2. The molecule has 0 saturated carbocycles. The van der Waals surface area contributed by atoms with E-state index in [0.29, 0.717) is 6.61 Å². The van der Waals surface area contributed by atoms with E-state index in [-0.39, 0.29) is 6.61 Å². The fourth-order valence-electron chi connectivity index (χ4n) is 1.84. The van der Waals surface area contributed by atoms with E-state index in [4.69, 9.17) is 15.6 Å². The van der Waals surface area contributed by atoms with E-state index < -0.39 is 0 Å². The van der Waals surface area contributed by atoms with Gasteiger partial charge in [-0.15, -0.1) is 0 Å². The Balaban J connectivity index is 1.72. The summed E-state index contributed by atoms with van der Waals surface area (Å²) in [6, 6.07) is 15.4. The Bertz CT molecular complexity index is 491. The fourth-order valence-corrected chi connectivity index (χ4v) is 1.84. The van der Waals surface area contributed by atoms with Crippen LogP contribution in [0.3, 0.4) is 0 Å². The van der Waals surface area contributed by atoms with Crippen LogP contribution < -0.4 is 10.5 Å². The third kappa shape index (κ3) is 4.30. The lowest BCUT2D eigenvalue weighted by atomic mass is 10.1. The second kappa shape index (κ2) is 6.81. The summed E-state index contributed by atoms with van der Waals surface area (Å²) in [6.07, 6.45) is 1.95. The van der Waals surface area contributed by atoms with Crippen LogP contribution in [0.2, 0.25) is 0 Å². The molecule has 2 rings (SSSR count). The summed E-state index contributed by atoms with van der Waals surface area (Å²) in [5.74, 6) is 0.842. The molecule has 2 aromatic rings. The van der Waals surface area contributed by atoms with Gasteiger partial charge in [0.25, 0.3) is 0 Å². The highest BCUT2D eigenvalue weighted by Crippen LogP contribution is 2.13. The van der Waals surface area contributed by atoms with Crippen LogP contribution in [0.25, 0.3) is 0 Å². The fraction of sp³-hybridized carbons (Fsp3) is 0.250. The first-order chi connectivity index (χ1) is 9.28. The molecule has 0 radical (unpaired) electrons. The van der Waals surface area contributed by atoms with Gasteiger partial charge in [-0.25, -0.2) is 0 Å². The van der Waals surface area contributed by atoms with Crippen LogP contribution in [-0.2, 0) is 13.0 Å². The molecule has 0 aliphatic heterocycles. The van der Waals surface area contributed by atoms with Crippen molar-refractivity contribution < 1.29 is 9.84 Å². The van der Waals surface area contributed by atoms with Crippen LogP contribution in [0, 0.1) is 0 Å². The summed E-state index contributed by atoms with van der Waals surface area (Å²) < 4.78 is 5.64. The zero-order valence-electron chi connectivity index (χ0n) is 10.9. The van der Waals surface area contributed by atoms with Crippen molar-refractivity contribution in [3.8, 4) is 5.75 Å². The lowest BCUT2D eigenvalue weighted by Crippen LogP contribution is -1.99. The summed E-state index contributed by atoms with van der Waals surface area (Å²) in [5, 5.41) is 8.94. The highest BCUT2D eigenvalue weighted by atomic mass is 16.5. The number of nitrogen functional groups attached to an aromatic ring is 1. The predicted molar refractivity (Wildman–Crippen MR) is 77.0 cm³/mol. The van der Waals surface area contributed by atoms with Crippen molar-refractivity contribution in [1.29, 1.82) is 0 Å². The molecule has 0 aromatic heterocycles. The average molecular weight is 257 g/mol. The van der Waals surface area contributed by atoms with Crippen molar-refractivity contribution in [2.75, 3.05) is 12.3 Å². The number of hydrogen-bond donors (Lipinski definition) is 2. The SMILES string of the molecule is Nc1ccc(CCCOc2ccc(CO)cc2)cc1. The molecule has 0 aliphatic rings. The number of nitrogens with two attached hydrogens (primary N) is 1. The molecule has 2 aromatic carbocycles. The number of anilines is 1. The molecule has 0 fully saturated rings. The van der Waals surface area contributed by atoms with Gasteiger partial charge in [-0.2, -0.15) is 0 Å². The summed E-state index contributed by atoms with van der Waals surface area (Å²) in [6.45, 7) is 0.750. The first-order valence-corrected chi connectivity index (χ1v) is 6.45. The molecule has 0 aliphatic carbocycles. The highest BCUT2D eigenvalue weighted by Gasteiger charge is 1.96. The zero-order chi connectivity index (χ0) is 13.5. The molecule has 3 heteroatoms. The molecule has 19 heavy (non-hydrogen) atoms. The van der Waals surface area contributed by atoms with Gasteiger partial charge >= 0.3 is 0 Å². The van der Waals surface area contributed by atoms with E-state index in [1.807, 2.05) is 48.5 Å². The number of benzene rings is 2. The minimum absolute atomic E-state index is 0.0669. The van der Waals surface area contributed by atoms with E-state index in [0.717, 1.165) is 29.8 Å². The van der Waals surface area contributed by atoms with Gasteiger partial charge in [-0.05, 0) is 48.2 Å². The second-order valence-corrected chi connectivity index (χ2v) is 4.50. The van der Waals surface area contributed by atoms with Crippen molar-refractivity contribution in [3.63, 3.8) is 0 Å². The maximum absolute atomic E-state index is 8.94.